The Kier molecular flexibility index (Phi) is 6.76. The Morgan fingerprint density at radius 1 is 0.926 bits per heavy atom. The van der Waals surface area contributed by atoms with Gasteiger partial charge in [0.15, 0.2) is 6.10 Å². The number of hydrogen-bond donors (Lipinski definition) is 2. The number of ether oxygens (including phenoxy) is 3. The molecule has 0 saturated heterocycles. The summed E-state index contributed by atoms with van der Waals surface area (Å²) in [5, 5.41) is 0. The molecule has 0 aliphatic rings. The standard InChI is InChI=1S/C19H20N2O6/c1-12(17(22)20-21-18(23)13-7-5-4-6-8-13)27-19(24)15-10-9-14(25-2)11-16(15)26-3/h4-12H,1-3H3,(H,20,22)(H,21,23)/t12-/m0/s1. The highest BCUT2D eigenvalue weighted by atomic mass is 16.5. The van der Waals surface area contributed by atoms with Crippen molar-refractivity contribution >= 4 is 17.8 Å². The van der Waals surface area contributed by atoms with Crippen LogP contribution in [0.4, 0.5) is 0 Å². The second-order valence-electron chi connectivity index (χ2n) is 5.42. The number of hydrazine groups is 1. The Bertz CT molecular complexity index is 822. The fraction of sp³-hybridized carbons (Fsp3) is 0.211. The smallest absolute Gasteiger partial charge is 0.342 e. The van der Waals surface area contributed by atoms with Crippen LogP contribution in [0.3, 0.4) is 0 Å². The third-order valence-corrected chi connectivity index (χ3v) is 3.62. The first-order valence-electron chi connectivity index (χ1n) is 8.04. The van der Waals surface area contributed by atoms with Crippen LogP contribution < -0.4 is 20.3 Å². The van der Waals surface area contributed by atoms with Crippen LogP contribution in [0.1, 0.15) is 27.6 Å². The number of carbonyl (C=O) groups excluding carboxylic acids is 3. The lowest BCUT2D eigenvalue weighted by molar-refractivity contribution is -0.129. The first-order chi connectivity index (χ1) is 13.0. The Hall–Kier alpha value is -3.55. The molecule has 0 aliphatic carbocycles. The highest BCUT2D eigenvalue weighted by molar-refractivity contribution is 5.97. The van der Waals surface area contributed by atoms with E-state index in [0.717, 1.165) is 0 Å². The molecule has 2 aromatic rings. The van der Waals surface area contributed by atoms with E-state index in [4.69, 9.17) is 14.2 Å². The minimum atomic E-state index is -1.14. The van der Waals surface area contributed by atoms with Gasteiger partial charge in [-0.3, -0.25) is 20.4 Å². The largest absolute Gasteiger partial charge is 0.497 e. The average molecular weight is 372 g/mol. The SMILES string of the molecule is COc1ccc(C(=O)O[C@@H](C)C(=O)NNC(=O)c2ccccc2)c(OC)c1. The van der Waals surface area contributed by atoms with Crippen LogP contribution in [-0.2, 0) is 9.53 Å². The zero-order valence-electron chi connectivity index (χ0n) is 15.1. The highest BCUT2D eigenvalue weighted by Crippen LogP contribution is 2.25. The molecule has 142 valence electrons. The van der Waals surface area contributed by atoms with Crippen LogP contribution in [0.2, 0.25) is 0 Å². The molecule has 1 atom stereocenters. The van der Waals surface area contributed by atoms with Crippen LogP contribution in [-0.4, -0.2) is 38.1 Å². The summed E-state index contributed by atoms with van der Waals surface area (Å²) in [4.78, 5) is 36.2. The van der Waals surface area contributed by atoms with Gasteiger partial charge in [-0.2, -0.15) is 0 Å². The van der Waals surface area contributed by atoms with Crippen molar-refractivity contribution < 1.29 is 28.6 Å². The molecule has 0 unspecified atom stereocenters. The molecule has 0 heterocycles. The topological polar surface area (TPSA) is 103 Å². The van der Waals surface area contributed by atoms with E-state index in [2.05, 4.69) is 10.9 Å². The van der Waals surface area contributed by atoms with Crippen molar-refractivity contribution in [3.63, 3.8) is 0 Å². The normalized spacial score (nSPS) is 11.1. The highest BCUT2D eigenvalue weighted by Gasteiger charge is 2.22. The second-order valence-corrected chi connectivity index (χ2v) is 5.42. The molecule has 0 aromatic heterocycles. The summed E-state index contributed by atoms with van der Waals surface area (Å²) in [5.74, 6) is -1.15. The summed E-state index contributed by atoms with van der Waals surface area (Å²) in [6, 6.07) is 12.9. The molecule has 8 nitrogen and oxygen atoms in total. The molecule has 0 fully saturated rings. The number of hydrogen-bond acceptors (Lipinski definition) is 6. The number of rotatable bonds is 6. The second kappa shape index (κ2) is 9.23. The van der Waals surface area contributed by atoms with E-state index in [1.807, 2.05) is 0 Å². The van der Waals surface area contributed by atoms with Crippen molar-refractivity contribution in [1.29, 1.82) is 0 Å². The maximum absolute atomic E-state index is 12.3. The van der Waals surface area contributed by atoms with Crippen LogP contribution in [0.5, 0.6) is 11.5 Å². The lowest BCUT2D eigenvalue weighted by Crippen LogP contribution is -2.46. The van der Waals surface area contributed by atoms with Gasteiger partial charge in [0.25, 0.3) is 11.8 Å². The number of benzene rings is 2. The minimum Gasteiger partial charge on any atom is -0.497 e. The van der Waals surface area contributed by atoms with Crippen molar-refractivity contribution in [3.8, 4) is 11.5 Å². The zero-order chi connectivity index (χ0) is 19.8. The maximum Gasteiger partial charge on any atom is 0.342 e. The van der Waals surface area contributed by atoms with Gasteiger partial charge in [-0.1, -0.05) is 18.2 Å². The third kappa shape index (κ3) is 5.21. The zero-order valence-corrected chi connectivity index (χ0v) is 15.1. The third-order valence-electron chi connectivity index (χ3n) is 3.62. The molecule has 0 spiro atoms. The van der Waals surface area contributed by atoms with Crippen molar-refractivity contribution in [1.82, 2.24) is 10.9 Å². The molecule has 0 radical (unpaired) electrons. The van der Waals surface area contributed by atoms with Crippen molar-refractivity contribution in [2.75, 3.05) is 14.2 Å². The van der Waals surface area contributed by atoms with Gasteiger partial charge in [0.1, 0.15) is 17.1 Å². The number of amides is 2. The van der Waals surface area contributed by atoms with Gasteiger partial charge < -0.3 is 14.2 Å². The Labute approximate surface area is 156 Å². The molecule has 0 aliphatic heterocycles. The molecule has 0 bridgehead atoms. The Balaban J connectivity index is 1.94. The van der Waals surface area contributed by atoms with Crippen molar-refractivity contribution in [2.24, 2.45) is 0 Å². The maximum atomic E-state index is 12.3. The van der Waals surface area contributed by atoms with Gasteiger partial charge in [-0.05, 0) is 31.2 Å². The first kappa shape index (κ1) is 19.8. The summed E-state index contributed by atoms with van der Waals surface area (Å²) >= 11 is 0. The number of carbonyl (C=O) groups is 3. The summed E-state index contributed by atoms with van der Waals surface area (Å²) in [6.07, 6.45) is -1.14. The Morgan fingerprint density at radius 3 is 2.26 bits per heavy atom. The van der Waals surface area contributed by atoms with E-state index < -0.39 is 23.9 Å². The van der Waals surface area contributed by atoms with Crippen molar-refractivity contribution in [2.45, 2.75) is 13.0 Å². The lowest BCUT2D eigenvalue weighted by Gasteiger charge is -2.15. The van der Waals surface area contributed by atoms with Gasteiger partial charge in [0.2, 0.25) is 0 Å². The van der Waals surface area contributed by atoms with Crippen LogP contribution in [0.15, 0.2) is 48.5 Å². The molecule has 2 amide bonds. The molecule has 2 rings (SSSR count). The molecular weight excluding hydrogens is 352 g/mol. The first-order valence-corrected chi connectivity index (χ1v) is 8.04. The molecule has 8 heteroatoms. The van der Waals surface area contributed by atoms with Gasteiger partial charge in [-0.15, -0.1) is 0 Å². The van der Waals surface area contributed by atoms with Gasteiger partial charge in [0, 0.05) is 11.6 Å². The van der Waals surface area contributed by atoms with E-state index in [9.17, 15) is 14.4 Å². The van der Waals surface area contributed by atoms with Gasteiger partial charge in [-0.25, -0.2) is 4.79 Å². The van der Waals surface area contributed by atoms with Gasteiger partial charge in [0.05, 0.1) is 14.2 Å². The predicted molar refractivity (Wildman–Crippen MR) is 96.5 cm³/mol. The predicted octanol–water partition coefficient (Wildman–Crippen LogP) is 1.71. The molecular formula is C19H20N2O6. The van der Waals surface area contributed by atoms with Crippen LogP contribution in [0.25, 0.3) is 0 Å². The average Bonchev–Trinajstić information content (AvgIpc) is 2.71. The summed E-state index contributed by atoms with van der Waals surface area (Å²) < 4.78 is 15.3. The molecule has 2 N–H and O–H groups in total. The van der Waals surface area contributed by atoms with E-state index in [1.54, 1.807) is 36.4 Å². The molecule has 27 heavy (non-hydrogen) atoms. The minimum absolute atomic E-state index is 0.145. The molecule has 0 saturated carbocycles. The summed E-state index contributed by atoms with van der Waals surface area (Å²) in [7, 11) is 2.89. The monoisotopic (exact) mass is 372 g/mol. The number of methoxy groups -OCH3 is 2. The fourth-order valence-electron chi connectivity index (χ4n) is 2.13. The fourth-order valence-corrected chi connectivity index (χ4v) is 2.13. The van der Waals surface area contributed by atoms with E-state index >= 15 is 0 Å². The number of esters is 1. The lowest BCUT2D eigenvalue weighted by atomic mass is 10.2. The summed E-state index contributed by atoms with van der Waals surface area (Å²) in [6.45, 7) is 1.39. The van der Waals surface area contributed by atoms with E-state index in [1.165, 1.54) is 33.3 Å². The summed E-state index contributed by atoms with van der Waals surface area (Å²) in [5.41, 5.74) is 5.00. The van der Waals surface area contributed by atoms with Crippen LogP contribution >= 0.6 is 0 Å². The van der Waals surface area contributed by atoms with E-state index in [-0.39, 0.29) is 11.3 Å². The van der Waals surface area contributed by atoms with Crippen LogP contribution in [0, 0.1) is 0 Å². The van der Waals surface area contributed by atoms with E-state index in [0.29, 0.717) is 11.3 Å². The Morgan fingerprint density at radius 2 is 1.63 bits per heavy atom. The molecule has 2 aromatic carbocycles. The number of nitrogens with one attached hydrogen (secondary N) is 2. The van der Waals surface area contributed by atoms with Crippen molar-refractivity contribution in [3.05, 3.63) is 59.7 Å². The quantitative estimate of drug-likeness (QED) is 0.591. The van der Waals surface area contributed by atoms with Gasteiger partial charge >= 0.3 is 5.97 Å².